The van der Waals surface area contributed by atoms with Crippen molar-refractivity contribution in [3.63, 3.8) is 0 Å². The Morgan fingerprint density at radius 3 is 2.44 bits per heavy atom. The van der Waals surface area contributed by atoms with E-state index in [2.05, 4.69) is 70.4 Å². The number of aliphatic hydroxyl groups excluding tert-OH is 1. The number of hydrogen-bond donors (Lipinski definition) is 1. The van der Waals surface area contributed by atoms with Gasteiger partial charge in [-0.1, -0.05) is 32.9 Å². The maximum Gasteiger partial charge on any atom is 0.192 e. The van der Waals surface area contributed by atoms with Gasteiger partial charge in [-0.05, 0) is 75.1 Å². The molecule has 0 spiro atoms. The predicted octanol–water partition coefficient (Wildman–Crippen LogP) is 6.46. The molecule has 0 aliphatic carbocycles. The van der Waals surface area contributed by atoms with E-state index in [1.807, 2.05) is 6.08 Å². The Morgan fingerprint density at radius 1 is 1.20 bits per heavy atom. The zero-order valence-electron chi connectivity index (χ0n) is 17.2. The Kier molecular flexibility index (Phi) is 10.8. The molecule has 148 valence electrons. The van der Waals surface area contributed by atoms with Crippen molar-refractivity contribution in [2.45, 2.75) is 101 Å². The normalized spacial score (nSPS) is 20.1. The topological polar surface area (TPSA) is 29.5 Å². The van der Waals surface area contributed by atoms with Crippen LogP contribution in [0.3, 0.4) is 0 Å². The Bertz CT molecular complexity index is 388. The second kappa shape index (κ2) is 11.4. The lowest BCUT2D eigenvalue weighted by atomic mass is 10.1. The van der Waals surface area contributed by atoms with Gasteiger partial charge in [0.05, 0.1) is 10.7 Å². The van der Waals surface area contributed by atoms with Crippen molar-refractivity contribution in [2.24, 2.45) is 0 Å². The largest absolute Gasteiger partial charge is 0.414 e. The van der Waals surface area contributed by atoms with E-state index in [1.165, 1.54) is 17.9 Å². The number of thioether (sulfide) groups is 2. The van der Waals surface area contributed by atoms with Gasteiger partial charge in [0, 0.05) is 6.10 Å². The molecule has 1 aliphatic heterocycles. The zero-order valence-corrected chi connectivity index (χ0v) is 19.8. The van der Waals surface area contributed by atoms with Crippen LogP contribution in [0.15, 0.2) is 12.2 Å². The molecule has 5 heteroatoms. The van der Waals surface area contributed by atoms with Crippen LogP contribution in [0.4, 0.5) is 0 Å². The molecule has 1 fully saturated rings. The first kappa shape index (κ1) is 23.6. The SMILES string of the molecule is C[C@@H](CCC/C=C/[C@H](O)CCC1SCCCS1)O[Si](C)(C)C(C)(C)C. The van der Waals surface area contributed by atoms with Gasteiger partial charge < -0.3 is 9.53 Å². The monoisotopic (exact) mass is 404 g/mol. The second-order valence-electron chi connectivity index (χ2n) is 8.72. The summed E-state index contributed by atoms with van der Waals surface area (Å²) >= 11 is 4.13. The van der Waals surface area contributed by atoms with Crippen LogP contribution in [0, 0.1) is 0 Å². The quantitative estimate of drug-likeness (QED) is 0.257. The molecule has 1 saturated heterocycles. The maximum absolute atomic E-state index is 10.1. The van der Waals surface area contributed by atoms with Crippen molar-refractivity contribution in [3.05, 3.63) is 12.2 Å². The van der Waals surface area contributed by atoms with E-state index in [1.54, 1.807) is 0 Å². The Morgan fingerprint density at radius 2 is 1.84 bits per heavy atom. The standard InChI is InChI=1S/C20H40O2S2Si/c1-17(22-25(5,6)20(2,3)4)11-8-7-9-12-18(21)13-14-19-23-15-10-16-24-19/h9,12,17-19,21H,7-8,10-11,13-16H2,1-6H3/b12-9+/t17-,18-/m0/s1. The van der Waals surface area contributed by atoms with Crippen LogP contribution in [0.25, 0.3) is 0 Å². The summed E-state index contributed by atoms with van der Waals surface area (Å²) in [5.41, 5.74) is 0. The van der Waals surface area contributed by atoms with Gasteiger partial charge in [-0.2, -0.15) is 0 Å². The summed E-state index contributed by atoms with van der Waals surface area (Å²) in [6.07, 6.45) is 10.8. The number of allylic oxidation sites excluding steroid dienone is 1. The number of hydrogen-bond acceptors (Lipinski definition) is 4. The average molecular weight is 405 g/mol. The third kappa shape index (κ3) is 9.90. The van der Waals surface area contributed by atoms with Gasteiger partial charge in [0.2, 0.25) is 0 Å². The molecule has 0 amide bonds. The van der Waals surface area contributed by atoms with Gasteiger partial charge in [0.1, 0.15) is 0 Å². The molecule has 25 heavy (non-hydrogen) atoms. The molecule has 0 aromatic heterocycles. The van der Waals surface area contributed by atoms with E-state index in [0.29, 0.717) is 10.7 Å². The van der Waals surface area contributed by atoms with Crippen molar-refractivity contribution in [1.29, 1.82) is 0 Å². The van der Waals surface area contributed by atoms with Crippen molar-refractivity contribution < 1.29 is 9.53 Å². The Balaban J connectivity index is 2.13. The molecular weight excluding hydrogens is 364 g/mol. The van der Waals surface area contributed by atoms with Crippen molar-refractivity contribution in [1.82, 2.24) is 0 Å². The average Bonchev–Trinajstić information content (AvgIpc) is 2.52. The van der Waals surface area contributed by atoms with Crippen LogP contribution in [-0.2, 0) is 4.43 Å². The van der Waals surface area contributed by atoms with Crippen molar-refractivity contribution in [2.75, 3.05) is 11.5 Å². The molecular formula is C20H40O2S2Si. The molecule has 0 bridgehead atoms. The molecule has 0 aromatic rings. The summed E-state index contributed by atoms with van der Waals surface area (Å²) in [5, 5.41) is 10.4. The molecule has 1 N–H and O–H groups in total. The van der Waals surface area contributed by atoms with Gasteiger partial charge in [-0.25, -0.2) is 0 Å². The van der Waals surface area contributed by atoms with E-state index < -0.39 is 8.32 Å². The van der Waals surface area contributed by atoms with Crippen LogP contribution in [-0.4, -0.2) is 41.7 Å². The molecule has 0 aromatic carbocycles. The van der Waals surface area contributed by atoms with Crippen LogP contribution < -0.4 is 0 Å². The first-order valence-electron chi connectivity index (χ1n) is 9.87. The lowest BCUT2D eigenvalue weighted by Crippen LogP contribution is -2.43. The predicted molar refractivity (Wildman–Crippen MR) is 119 cm³/mol. The highest BCUT2D eigenvalue weighted by molar-refractivity contribution is 8.17. The minimum absolute atomic E-state index is 0.274. The molecule has 0 unspecified atom stereocenters. The van der Waals surface area contributed by atoms with Gasteiger partial charge in [0.25, 0.3) is 0 Å². The van der Waals surface area contributed by atoms with E-state index in [-0.39, 0.29) is 11.1 Å². The minimum Gasteiger partial charge on any atom is -0.414 e. The van der Waals surface area contributed by atoms with Crippen molar-refractivity contribution in [3.8, 4) is 0 Å². The summed E-state index contributed by atoms with van der Waals surface area (Å²) in [6.45, 7) is 13.7. The number of rotatable bonds is 10. The Hall–Kier alpha value is 0.577. The van der Waals surface area contributed by atoms with Crippen LogP contribution in [0.5, 0.6) is 0 Å². The third-order valence-electron chi connectivity index (χ3n) is 5.24. The minimum atomic E-state index is -1.64. The van der Waals surface area contributed by atoms with Crippen LogP contribution >= 0.6 is 23.5 Å². The molecule has 1 rings (SSSR count). The fourth-order valence-electron chi connectivity index (χ4n) is 2.62. The summed E-state index contributed by atoms with van der Waals surface area (Å²) in [4.78, 5) is 0. The first-order valence-corrected chi connectivity index (χ1v) is 14.9. The number of aliphatic hydroxyl groups is 1. The summed E-state index contributed by atoms with van der Waals surface area (Å²) in [5.74, 6) is 2.58. The summed E-state index contributed by atoms with van der Waals surface area (Å²) in [6, 6.07) is 0. The van der Waals surface area contributed by atoms with E-state index in [9.17, 15) is 5.11 Å². The summed E-state index contributed by atoms with van der Waals surface area (Å²) in [7, 11) is -1.64. The maximum atomic E-state index is 10.1. The molecule has 0 saturated carbocycles. The fourth-order valence-corrected chi connectivity index (χ4v) is 7.00. The highest BCUT2D eigenvalue weighted by Gasteiger charge is 2.38. The lowest BCUT2D eigenvalue weighted by molar-refractivity contribution is 0.186. The fraction of sp³-hybridized carbons (Fsp3) is 0.900. The zero-order chi connectivity index (χ0) is 18.9. The smallest absolute Gasteiger partial charge is 0.192 e. The van der Waals surface area contributed by atoms with Crippen LogP contribution in [0.1, 0.15) is 66.2 Å². The van der Waals surface area contributed by atoms with E-state index >= 15 is 0 Å². The van der Waals surface area contributed by atoms with Crippen LogP contribution in [0.2, 0.25) is 18.1 Å². The first-order chi connectivity index (χ1) is 11.6. The van der Waals surface area contributed by atoms with Gasteiger partial charge in [-0.15, -0.1) is 23.5 Å². The third-order valence-corrected chi connectivity index (χ3v) is 12.9. The van der Waals surface area contributed by atoms with Gasteiger partial charge >= 0.3 is 0 Å². The second-order valence-corrected chi connectivity index (χ2v) is 16.4. The van der Waals surface area contributed by atoms with E-state index in [0.717, 1.165) is 32.1 Å². The van der Waals surface area contributed by atoms with E-state index in [4.69, 9.17) is 4.43 Å². The summed E-state index contributed by atoms with van der Waals surface area (Å²) < 4.78 is 7.10. The van der Waals surface area contributed by atoms with Gasteiger partial charge in [-0.3, -0.25) is 0 Å². The molecule has 1 aliphatic rings. The molecule has 1 heterocycles. The molecule has 2 atom stereocenters. The lowest BCUT2D eigenvalue weighted by Gasteiger charge is -2.38. The highest BCUT2D eigenvalue weighted by atomic mass is 32.2. The molecule has 2 nitrogen and oxygen atoms in total. The number of unbranched alkanes of at least 4 members (excludes halogenated alkanes) is 1. The highest BCUT2D eigenvalue weighted by Crippen LogP contribution is 2.37. The van der Waals surface area contributed by atoms with Crippen molar-refractivity contribution >= 4 is 31.8 Å². The van der Waals surface area contributed by atoms with Gasteiger partial charge in [0.15, 0.2) is 8.32 Å². The Labute approximate surface area is 166 Å². The molecule has 0 radical (unpaired) electrons.